The maximum Gasteiger partial charge on any atom is 0.248 e. The lowest BCUT2D eigenvalue weighted by Gasteiger charge is -2.18. The van der Waals surface area contributed by atoms with E-state index >= 15 is 0 Å². The van der Waals surface area contributed by atoms with Crippen molar-refractivity contribution in [3.05, 3.63) is 41.3 Å². The molecule has 0 amide bonds. The lowest BCUT2D eigenvalue weighted by molar-refractivity contribution is 0.260. The number of aliphatic hydroxyl groups is 1. The highest BCUT2D eigenvalue weighted by Gasteiger charge is 2.25. The van der Waals surface area contributed by atoms with Crippen molar-refractivity contribution in [2.75, 3.05) is 19.7 Å². The first-order valence-electron chi connectivity index (χ1n) is 4.93. The SMILES string of the molecule is C=CCN(CCO)S(=O)(=O)c1c[nH]ccc1=O. The van der Waals surface area contributed by atoms with Crippen molar-refractivity contribution in [3.63, 3.8) is 0 Å². The molecule has 0 unspecified atom stereocenters. The summed E-state index contributed by atoms with van der Waals surface area (Å²) >= 11 is 0. The second-order valence-corrected chi connectivity index (χ2v) is 5.15. The fraction of sp³-hybridized carbons (Fsp3) is 0.300. The van der Waals surface area contributed by atoms with Crippen molar-refractivity contribution in [1.29, 1.82) is 0 Å². The van der Waals surface area contributed by atoms with Crippen LogP contribution in [-0.4, -0.2) is 42.5 Å². The van der Waals surface area contributed by atoms with E-state index in [-0.39, 0.29) is 24.6 Å². The number of nitrogens with zero attached hydrogens (tertiary/aromatic N) is 1. The van der Waals surface area contributed by atoms with E-state index < -0.39 is 15.5 Å². The monoisotopic (exact) mass is 258 g/mol. The van der Waals surface area contributed by atoms with Crippen LogP contribution >= 0.6 is 0 Å². The Hall–Kier alpha value is -1.44. The molecule has 0 aliphatic heterocycles. The van der Waals surface area contributed by atoms with Gasteiger partial charge in [0.15, 0.2) is 0 Å². The van der Waals surface area contributed by atoms with Crippen molar-refractivity contribution in [2.24, 2.45) is 0 Å². The van der Waals surface area contributed by atoms with Gasteiger partial charge >= 0.3 is 0 Å². The van der Waals surface area contributed by atoms with Gasteiger partial charge in [-0.3, -0.25) is 4.79 Å². The summed E-state index contributed by atoms with van der Waals surface area (Å²) < 4.78 is 25.2. The highest BCUT2D eigenvalue weighted by molar-refractivity contribution is 7.89. The number of aromatic amines is 1. The van der Waals surface area contributed by atoms with Crippen molar-refractivity contribution in [2.45, 2.75) is 4.90 Å². The summed E-state index contributed by atoms with van der Waals surface area (Å²) in [5, 5.41) is 8.82. The third-order valence-electron chi connectivity index (χ3n) is 2.09. The number of sulfonamides is 1. The maximum absolute atomic E-state index is 12.1. The Bertz CT molecular complexity index is 535. The molecule has 1 rings (SSSR count). The van der Waals surface area contributed by atoms with Crippen LogP contribution in [0.3, 0.4) is 0 Å². The quantitative estimate of drug-likeness (QED) is 0.676. The molecule has 17 heavy (non-hydrogen) atoms. The Labute approximate surface area is 99.3 Å². The van der Waals surface area contributed by atoms with E-state index in [1.54, 1.807) is 0 Å². The number of hydrogen-bond donors (Lipinski definition) is 2. The molecule has 1 aromatic heterocycles. The topological polar surface area (TPSA) is 90.5 Å². The van der Waals surface area contributed by atoms with Crippen LogP contribution in [0.25, 0.3) is 0 Å². The van der Waals surface area contributed by atoms with Gasteiger partial charge in [-0.05, 0) is 0 Å². The minimum atomic E-state index is -3.90. The number of aliphatic hydroxyl groups excluding tert-OH is 1. The molecule has 0 spiro atoms. The van der Waals surface area contributed by atoms with E-state index in [2.05, 4.69) is 11.6 Å². The van der Waals surface area contributed by atoms with Gasteiger partial charge in [-0.1, -0.05) is 6.08 Å². The summed E-state index contributed by atoms with van der Waals surface area (Å²) in [6.07, 6.45) is 3.88. The molecule has 94 valence electrons. The zero-order chi connectivity index (χ0) is 12.9. The van der Waals surface area contributed by atoms with Crippen LogP contribution in [0.2, 0.25) is 0 Å². The first kappa shape index (κ1) is 13.6. The number of nitrogens with one attached hydrogen (secondary N) is 1. The number of aromatic nitrogens is 1. The van der Waals surface area contributed by atoms with Gasteiger partial charge in [-0.15, -0.1) is 6.58 Å². The van der Waals surface area contributed by atoms with Crippen molar-refractivity contribution < 1.29 is 13.5 Å². The van der Waals surface area contributed by atoms with Crippen LogP contribution in [0.4, 0.5) is 0 Å². The Kier molecular flexibility index (Phi) is 4.62. The molecule has 2 N–H and O–H groups in total. The smallest absolute Gasteiger partial charge is 0.248 e. The molecule has 0 aromatic carbocycles. The second-order valence-electron chi connectivity index (χ2n) is 3.25. The Morgan fingerprint density at radius 2 is 2.24 bits per heavy atom. The molecular formula is C10H14N2O4S. The van der Waals surface area contributed by atoms with Crippen molar-refractivity contribution >= 4 is 10.0 Å². The molecule has 1 aromatic rings. The van der Waals surface area contributed by atoms with E-state index in [4.69, 9.17) is 5.11 Å². The number of pyridine rings is 1. The van der Waals surface area contributed by atoms with Crippen LogP contribution < -0.4 is 5.43 Å². The summed E-state index contributed by atoms with van der Waals surface area (Å²) in [7, 11) is -3.90. The van der Waals surface area contributed by atoms with Crippen LogP contribution in [0.15, 0.2) is 40.8 Å². The number of rotatable bonds is 6. The molecule has 7 heteroatoms. The van der Waals surface area contributed by atoms with E-state index in [9.17, 15) is 13.2 Å². The largest absolute Gasteiger partial charge is 0.395 e. The van der Waals surface area contributed by atoms with E-state index in [1.165, 1.54) is 12.3 Å². The van der Waals surface area contributed by atoms with Gasteiger partial charge < -0.3 is 10.1 Å². The normalized spacial score (nSPS) is 11.6. The van der Waals surface area contributed by atoms with Gasteiger partial charge in [0.25, 0.3) is 0 Å². The van der Waals surface area contributed by atoms with Crippen molar-refractivity contribution in [1.82, 2.24) is 9.29 Å². The summed E-state index contributed by atoms with van der Waals surface area (Å²) in [6, 6.07) is 1.14. The number of H-pyrrole nitrogens is 1. The van der Waals surface area contributed by atoms with Crippen LogP contribution in [-0.2, 0) is 10.0 Å². The van der Waals surface area contributed by atoms with Crippen molar-refractivity contribution in [3.8, 4) is 0 Å². The third kappa shape index (κ3) is 3.02. The zero-order valence-corrected chi connectivity index (χ0v) is 9.98. The first-order chi connectivity index (χ1) is 8.04. The number of hydrogen-bond acceptors (Lipinski definition) is 4. The average molecular weight is 258 g/mol. The predicted molar refractivity (Wildman–Crippen MR) is 63.1 cm³/mol. The first-order valence-corrected chi connectivity index (χ1v) is 6.37. The standard InChI is InChI=1S/C10H14N2O4S/c1-2-5-12(6-7-13)17(15,16)10-8-11-4-3-9(10)14/h2-4,8,13H,1,5-7H2,(H,11,14). The van der Waals surface area contributed by atoms with Crippen LogP contribution in [0.1, 0.15) is 0 Å². The van der Waals surface area contributed by atoms with E-state index in [1.807, 2.05) is 0 Å². The molecule has 0 fully saturated rings. The van der Waals surface area contributed by atoms with Gasteiger partial charge in [-0.2, -0.15) is 4.31 Å². The third-order valence-corrected chi connectivity index (χ3v) is 3.97. The molecule has 0 aliphatic carbocycles. The Balaban J connectivity index is 3.21. The van der Waals surface area contributed by atoms with Crippen LogP contribution in [0.5, 0.6) is 0 Å². The summed E-state index contributed by atoms with van der Waals surface area (Å²) in [5.74, 6) is 0. The average Bonchev–Trinajstić information content (AvgIpc) is 2.29. The molecule has 6 nitrogen and oxygen atoms in total. The van der Waals surface area contributed by atoms with E-state index in [0.717, 1.165) is 16.6 Å². The minimum Gasteiger partial charge on any atom is -0.395 e. The predicted octanol–water partition coefficient (Wildman–Crippen LogP) is -0.456. The van der Waals surface area contributed by atoms with Gasteiger partial charge in [0.2, 0.25) is 15.5 Å². The maximum atomic E-state index is 12.1. The molecular weight excluding hydrogens is 244 g/mol. The van der Waals surface area contributed by atoms with E-state index in [0.29, 0.717) is 0 Å². The fourth-order valence-electron chi connectivity index (χ4n) is 1.31. The lowest BCUT2D eigenvalue weighted by atomic mass is 10.5. The summed E-state index contributed by atoms with van der Waals surface area (Å²) in [6.45, 7) is 3.08. The zero-order valence-electron chi connectivity index (χ0n) is 9.17. The summed E-state index contributed by atoms with van der Waals surface area (Å²) in [5.41, 5.74) is -0.587. The Morgan fingerprint density at radius 3 is 2.76 bits per heavy atom. The fourth-order valence-corrected chi connectivity index (χ4v) is 2.75. The molecule has 0 atom stereocenters. The van der Waals surface area contributed by atoms with Gasteiger partial charge in [0, 0.05) is 31.5 Å². The van der Waals surface area contributed by atoms with Gasteiger partial charge in [0.1, 0.15) is 4.90 Å². The highest BCUT2D eigenvalue weighted by atomic mass is 32.2. The van der Waals surface area contributed by atoms with Crippen LogP contribution in [0, 0.1) is 0 Å². The van der Waals surface area contributed by atoms with Gasteiger partial charge in [-0.25, -0.2) is 8.42 Å². The highest BCUT2D eigenvalue weighted by Crippen LogP contribution is 2.09. The summed E-state index contributed by atoms with van der Waals surface area (Å²) in [4.78, 5) is 13.7. The van der Waals surface area contributed by atoms with Gasteiger partial charge in [0.05, 0.1) is 6.61 Å². The molecule has 0 saturated heterocycles. The molecule has 0 radical (unpaired) electrons. The Morgan fingerprint density at radius 1 is 1.53 bits per heavy atom. The molecule has 0 aliphatic rings. The molecule has 1 heterocycles. The minimum absolute atomic E-state index is 0.0389. The second kappa shape index (κ2) is 5.76. The molecule has 0 saturated carbocycles. The lowest BCUT2D eigenvalue weighted by Crippen LogP contribution is -2.36. The molecule has 0 bridgehead atoms.